The van der Waals surface area contributed by atoms with Crippen LogP contribution >= 0.6 is 15.9 Å². The number of carbonyl (C=O) groups excluding carboxylic acids is 1. The average Bonchev–Trinajstić information content (AvgIpc) is 2.67. The summed E-state index contributed by atoms with van der Waals surface area (Å²) in [6.45, 7) is 4.54. The molecule has 0 N–H and O–H groups in total. The minimum Gasteiger partial charge on any atom is -0.378 e. The maximum absolute atomic E-state index is 12.9. The van der Waals surface area contributed by atoms with Gasteiger partial charge >= 0.3 is 0 Å². The van der Waals surface area contributed by atoms with Crippen LogP contribution in [0.3, 0.4) is 0 Å². The van der Waals surface area contributed by atoms with Crippen LogP contribution in [0.25, 0.3) is 10.9 Å². The molecule has 2 fully saturated rings. The Balaban J connectivity index is 1.56. The summed E-state index contributed by atoms with van der Waals surface area (Å²) in [7, 11) is 0. The van der Waals surface area contributed by atoms with Gasteiger partial charge in [0.25, 0.3) is 0 Å². The topological polar surface area (TPSA) is 45.7 Å². The minimum atomic E-state index is 0.0745. The highest BCUT2D eigenvalue weighted by atomic mass is 79.9. The van der Waals surface area contributed by atoms with Crippen LogP contribution in [0.4, 0.5) is 5.69 Å². The molecule has 1 aromatic carbocycles. The number of anilines is 1. The molecule has 132 valence electrons. The second-order valence-electron chi connectivity index (χ2n) is 6.71. The smallest absolute Gasteiger partial charge is 0.227 e. The highest BCUT2D eigenvalue weighted by Gasteiger charge is 2.30. The standard InChI is InChI=1S/C19H22BrN3O2/c20-15-3-4-16-17(12-15)21-6-5-18(16)23-7-1-2-14(13-23)19(24)22-8-10-25-11-9-22/h3-6,12,14H,1-2,7-11,13H2. The molecule has 1 atom stereocenters. The number of ether oxygens (including phenoxy) is 1. The van der Waals surface area contributed by atoms with E-state index in [1.807, 2.05) is 23.2 Å². The largest absolute Gasteiger partial charge is 0.378 e. The molecular formula is C19H22BrN3O2. The number of nitrogens with zero attached hydrogens (tertiary/aromatic N) is 3. The second-order valence-corrected chi connectivity index (χ2v) is 7.63. The number of carbonyl (C=O) groups is 1. The fourth-order valence-corrected chi connectivity index (χ4v) is 4.17. The molecule has 0 aliphatic carbocycles. The van der Waals surface area contributed by atoms with E-state index in [-0.39, 0.29) is 11.8 Å². The predicted octanol–water partition coefficient (Wildman–Crippen LogP) is 3.07. The third kappa shape index (κ3) is 3.51. The van der Waals surface area contributed by atoms with E-state index < -0.39 is 0 Å². The summed E-state index contributed by atoms with van der Waals surface area (Å²) in [6.07, 6.45) is 3.87. The van der Waals surface area contributed by atoms with Crippen molar-refractivity contribution in [1.82, 2.24) is 9.88 Å². The van der Waals surface area contributed by atoms with Crippen molar-refractivity contribution >= 4 is 38.4 Å². The zero-order valence-electron chi connectivity index (χ0n) is 14.2. The summed E-state index contributed by atoms with van der Waals surface area (Å²) < 4.78 is 6.40. The van der Waals surface area contributed by atoms with Crippen molar-refractivity contribution in [1.29, 1.82) is 0 Å². The van der Waals surface area contributed by atoms with Crippen molar-refractivity contribution in [2.45, 2.75) is 12.8 Å². The summed E-state index contributed by atoms with van der Waals surface area (Å²) in [5, 5.41) is 1.14. The van der Waals surface area contributed by atoms with Gasteiger partial charge in [-0.3, -0.25) is 9.78 Å². The Kier molecular flexibility index (Phi) is 4.90. The van der Waals surface area contributed by atoms with Gasteiger partial charge in [0.05, 0.1) is 24.6 Å². The Morgan fingerprint density at radius 3 is 2.88 bits per heavy atom. The number of pyridine rings is 1. The summed E-state index contributed by atoms with van der Waals surface area (Å²) in [4.78, 5) is 21.7. The van der Waals surface area contributed by atoms with Gasteiger partial charge < -0.3 is 14.5 Å². The molecule has 1 unspecified atom stereocenters. The Hall–Kier alpha value is -1.66. The molecule has 25 heavy (non-hydrogen) atoms. The van der Waals surface area contributed by atoms with Gasteiger partial charge in [-0.15, -0.1) is 0 Å². The normalized spacial score (nSPS) is 21.6. The molecule has 2 saturated heterocycles. The third-order valence-electron chi connectivity index (χ3n) is 5.12. The van der Waals surface area contributed by atoms with E-state index in [4.69, 9.17) is 4.74 Å². The molecule has 0 bridgehead atoms. The molecule has 2 aliphatic rings. The number of piperidine rings is 1. The maximum Gasteiger partial charge on any atom is 0.227 e. The molecule has 0 saturated carbocycles. The van der Waals surface area contributed by atoms with Crippen LogP contribution < -0.4 is 4.90 Å². The van der Waals surface area contributed by atoms with Crippen LogP contribution in [0.5, 0.6) is 0 Å². The van der Waals surface area contributed by atoms with Crippen LogP contribution in [0, 0.1) is 5.92 Å². The fraction of sp³-hybridized carbons (Fsp3) is 0.474. The van der Waals surface area contributed by atoms with Gasteiger partial charge in [-0.25, -0.2) is 0 Å². The SMILES string of the molecule is O=C(C1CCCN(c2ccnc3cc(Br)ccc23)C1)N1CCOCC1. The van der Waals surface area contributed by atoms with E-state index in [2.05, 4.69) is 37.9 Å². The van der Waals surface area contributed by atoms with Crippen molar-refractivity contribution in [3.05, 3.63) is 34.9 Å². The van der Waals surface area contributed by atoms with Crippen LogP contribution in [-0.2, 0) is 9.53 Å². The first-order chi connectivity index (χ1) is 12.2. The van der Waals surface area contributed by atoms with E-state index in [9.17, 15) is 4.79 Å². The third-order valence-corrected chi connectivity index (χ3v) is 5.61. The monoisotopic (exact) mass is 403 g/mol. The van der Waals surface area contributed by atoms with E-state index in [0.29, 0.717) is 13.2 Å². The average molecular weight is 404 g/mol. The predicted molar refractivity (Wildman–Crippen MR) is 102 cm³/mol. The first-order valence-electron chi connectivity index (χ1n) is 8.88. The Bertz CT molecular complexity index is 776. The van der Waals surface area contributed by atoms with Crippen LogP contribution in [0.2, 0.25) is 0 Å². The van der Waals surface area contributed by atoms with Gasteiger partial charge in [0.2, 0.25) is 5.91 Å². The van der Waals surface area contributed by atoms with Crippen LogP contribution in [-0.4, -0.2) is 55.2 Å². The van der Waals surface area contributed by atoms with E-state index in [1.165, 1.54) is 5.69 Å². The molecule has 6 heteroatoms. The van der Waals surface area contributed by atoms with Gasteiger partial charge in [0, 0.05) is 47.9 Å². The zero-order valence-corrected chi connectivity index (χ0v) is 15.7. The highest BCUT2D eigenvalue weighted by molar-refractivity contribution is 9.10. The number of benzene rings is 1. The van der Waals surface area contributed by atoms with Gasteiger partial charge in [-0.1, -0.05) is 15.9 Å². The highest BCUT2D eigenvalue weighted by Crippen LogP contribution is 2.31. The molecule has 1 aromatic heterocycles. The first kappa shape index (κ1) is 16.8. The quantitative estimate of drug-likeness (QED) is 0.772. The summed E-state index contributed by atoms with van der Waals surface area (Å²) >= 11 is 3.51. The Morgan fingerprint density at radius 1 is 1.20 bits per heavy atom. The number of fused-ring (bicyclic) bond motifs is 1. The fourth-order valence-electron chi connectivity index (χ4n) is 3.82. The number of hydrogen-bond acceptors (Lipinski definition) is 4. The van der Waals surface area contributed by atoms with Crippen molar-refractivity contribution in [3.63, 3.8) is 0 Å². The molecular weight excluding hydrogens is 382 g/mol. The van der Waals surface area contributed by atoms with Gasteiger partial charge in [-0.05, 0) is 37.1 Å². The van der Waals surface area contributed by atoms with E-state index in [0.717, 1.165) is 54.4 Å². The molecule has 1 amide bonds. The number of amides is 1. The van der Waals surface area contributed by atoms with E-state index in [1.54, 1.807) is 0 Å². The lowest BCUT2D eigenvalue weighted by molar-refractivity contribution is -0.139. The van der Waals surface area contributed by atoms with Crippen LogP contribution in [0.1, 0.15) is 12.8 Å². The van der Waals surface area contributed by atoms with Gasteiger partial charge in [0.1, 0.15) is 0 Å². The molecule has 0 radical (unpaired) electrons. The number of hydrogen-bond donors (Lipinski definition) is 0. The zero-order chi connectivity index (χ0) is 17.2. The van der Waals surface area contributed by atoms with E-state index >= 15 is 0 Å². The molecule has 3 heterocycles. The summed E-state index contributed by atoms with van der Waals surface area (Å²) in [5.74, 6) is 0.361. The van der Waals surface area contributed by atoms with Gasteiger partial charge in [-0.2, -0.15) is 0 Å². The lowest BCUT2D eigenvalue weighted by Gasteiger charge is -2.37. The number of morpholine rings is 1. The second kappa shape index (κ2) is 7.30. The number of halogens is 1. The molecule has 4 rings (SSSR count). The Morgan fingerprint density at radius 2 is 2.04 bits per heavy atom. The number of rotatable bonds is 2. The molecule has 5 nitrogen and oxygen atoms in total. The van der Waals surface area contributed by atoms with Crippen molar-refractivity contribution in [3.8, 4) is 0 Å². The summed E-state index contributed by atoms with van der Waals surface area (Å²) in [5.41, 5.74) is 2.16. The molecule has 2 aromatic rings. The molecule has 2 aliphatic heterocycles. The Labute approximate surface area is 156 Å². The first-order valence-corrected chi connectivity index (χ1v) is 9.67. The molecule has 0 spiro atoms. The lowest BCUT2D eigenvalue weighted by Crippen LogP contribution is -2.48. The van der Waals surface area contributed by atoms with Gasteiger partial charge in [0.15, 0.2) is 0 Å². The van der Waals surface area contributed by atoms with Crippen molar-refractivity contribution in [2.75, 3.05) is 44.3 Å². The van der Waals surface area contributed by atoms with Crippen molar-refractivity contribution in [2.24, 2.45) is 5.92 Å². The van der Waals surface area contributed by atoms with Crippen molar-refractivity contribution < 1.29 is 9.53 Å². The maximum atomic E-state index is 12.9. The lowest BCUT2D eigenvalue weighted by atomic mass is 9.95. The minimum absolute atomic E-state index is 0.0745. The summed E-state index contributed by atoms with van der Waals surface area (Å²) in [6, 6.07) is 8.26. The number of aromatic nitrogens is 1. The van der Waals surface area contributed by atoms with Crippen LogP contribution in [0.15, 0.2) is 34.9 Å².